The van der Waals surface area contributed by atoms with Gasteiger partial charge in [-0.2, -0.15) is 4.98 Å². The van der Waals surface area contributed by atoms with Crippen LogP contribution in [0.5, 0.6) is 0 Å². The topological polar surface area (TPSA) is 54.8 Å². The first kappa shape index (κ1) is 14.0. The van der Waals surface area contributed by atoms with Gasteiger partial charge in [0.2, 0.25) is 5.28 Å². The van der Waals surface area contributed by atoms with Crippen LogP contribution in [0.15, 0.2) is 18.2 Å². The van der Waals surface area contributed by atoms with Crippen molar-refractivity contribution < 1.29 is 0 Å². The maximum atomic E-state index is 6.01. The van der Waals surface area contributed by atoms with Crippen LogP contribution in [0.25, 0.3) is 0 Å². The molecule has 0 unspecified atom stereocenters. The highest BCUT2D eigenvalue weighted by Crippen LogP contribution is 2.22. The molecule has 0 aliphatic heterocycles. The van der Waals surface area contributed by atoms with E-state index in [1.807, 2.05) is 36.9 Å². The Kier molecular flexibility index (Phi) is 4.50. The Hall–Kier alpha value is -1.46. The molecule has 0 aliphatic rings. The summed E-state index contributed by atoms with van der Waals surface area (Å²) in [5, 5.41) is 7.69. The standard InChI is InChI=1S/C12H13Cl2N5/c1-3-19(7-9-6-4-5-8(2)15-9)11-10(13)17-18-12(14)16-11/h4-6H,3,7H2,1-2H3. The van der Waals surface area contributed by atoms with Crippen LogP contribution in [0, 0.1) is 6.92 Å². The van der Waals surface area contributed by atoms with Crippen LogP contribution in [-0.4, -0.2) is 26.7 Å². The molecule has 100 valence electrons. The third-order valence-corrected chi connectivity index (χ3v) is 2.99. The van der Waals surface area contributed by atoms with Crippen molar-refractivity contribution in [3.8, 4) is 0 Å². The fraction of sp³-hybridized carbons (Fsp3) is 0.333. The van der Waals surface area contributed by atoms with Gasteiger partial charge in [0.05, 0.1) is 12.2 Å². The van der Waals surface area contributed by atoms with Crippen LogP contribution < -0.4 is 4.90 Å². The maximum absolute atomic E-state index is 6.01. The molecular formula is C12H13Cl2N5. The zero-order chi connectivity index (χ0) is 13.8. The second kappa shape index (κ2) is 6.12. The number of pyridine rings is 1. The first-order valence-corrected chi connectivity index (χ1v) is 6.59. The molecule has 5 nitrogen and oxygen atoms in total. The Bertz CT molecular complexity index is 576. The lowest BCUT2D eigenvalue weighted by Gasteiger charge is -2.21. The highest BCUT2D eigenvalue weighted by Gasteiger charge is 2.14. The van der Waals surface area contributed by atoms with Crippen molar-refractivity contribution in [1.82, 2.24) is 20.2 Å². The monoisotopic (exact) mass is 297 g/mol. The van der Waals surface area contributed by atoms with Crippen LogP contribution >= 0.6 is 23.2 Å². The summed E-state index contributed by atoms with van der Waals surface area (Å²) in [5.41, 5.74) is 1.91. The van der Waals surface area contributed by atoms with Gasteiger partial charge in [0, 0.05) is 12.2 Å². The lowest BCUT2D eigenvalue weighted by atomic mass is 10.3. The molecule has 0 atom stereocenters. The van der Waals surface area contributed by atoms with E-state index in [1.54, 1.807) is 0 Å². The minimum absolute atomic E-state index is 0.0788. The summed E-state index contributed by atoms with van der Waals surface area (Å²) in [6.45, 7) is 5.26. The van der Waals surface area contributed by atoms with Crippen molar-refractivity contribution in [3.63, 3.8) is 0 Å². The van der Waals surface area contributed by atoms with E-state index in [9.17, 15) is 0 Å². The Morgan fingerprint density at radius 2 is 1.95 bits per heavy atom. The van der Waals surface area contributed by atoms with Crippen LogP contribution in [0.2, 0.25) is 10.4 Å². The van der Waals surface area contributed by atoms with E-state index in [0.717, 1.165) is 11.4 Å². The summed E-state index contributed by atoms with van der Waals surface area (Å²) in [5.74, 6) is 0.521. The summed E-state index contributed by atoms with van der Waals surface area (Å²) < 4.78 is 0. The first-order valence-electron chi connectivity index (χ1n) is 5.83. The third kappa shape index (κ3) is 3.52. The smallest absolute Gasteiger partial charge is 0.245 e. The third-order valence-electron chi connectivity index (χ3n) is 2.58. The number of halogens is 2. The number of anilines is 1. The second-order valence-corrected chi connectivity index (χ2v) is 4.68. The normalized spacial score (nSPS) is 10.5. The molecule has 0 aromatic carbocycles. The molecule has 0 spiro atoms. The van der Waals surface area contributed by atoms with Crippen molar-refractivity contribution >= 4 is 29.0 Å². The lowest BCUT2D eigenvalue weighted by Crippen LogP contribution is -2.24. The van der Waals surface area contributed by atoms with Crippen LogP contribution in [0.3, 0.4) is 0 Å². The van der Waals surface area contributed by atoms with E-state index < -0.39 is 0 Å². The number of aryl methyl sites for hydroxylation is 1. The van der Waals surface area contributed by atoms with Gasteiger partial charge in [0.25, 0.3) is 0 Å². The molecule has 0 saturated heterocycles. The molecule has 0 bridgehead atoms. The molecule has 0 saturated carbocycles. The fourth-order valence-electron chi connectivity index (χ4n) is 1.71. The molecule has 0 aliphatic carbocycles. The Balaban J connectivity index is 2.27. The van der Waals surface area contributed by atoms with E-state index in [4.69, 9.17) is 23.2 Å². The molecular weight excluding hydrogens is 285 g/mol. The van der Waals surface area contributed by atoms with Crippen LogP contribution in [0.1, 0.15) is 18.3 Å². The van der Waals surface area contributed by atoms with Gasteiger partial charge in [0.15, 0.2) is 11.0 Å². The molecule has 0 amide bonds. The Morgan fingerprint density at radius 3 is 2.63 bits per heavy atom. The van der Waals surface area contributed by atoms with Crippen molar-refractivity contribution in [2.75, 3.05) is 11.4 Å². The second-order valence-electron chi connectivity index (χ2n) is 3.98. The SMILES string of the molecule is CCN(Cc1cccc(C)n1)c1nc(Cl)nnc1Cl. The Labute approximate surface area is 121 Å². The summed E-state index contributed by atoms with van der Waals surface area (Å²) in [7, 11) is 0. The van der Waals surface area contributed by atoms with Gasteiger partial charge < -0.3 is 4.90 Å². The fourth-order valence-corrected chi connectivity index (χ4v) is 2.02. The zero-order valence-corrected chi connectivity index (χ0v) is 12.2. The number of rotatable bonds is 4. The molecule has 2 aromatic heterocycles. The predicted molar refractivity (Wildman–Crippen MR) is 75.5 cm³/mol. The van der Waals surface area contributed by atoms with Crippen LogP contribution in [0.4, 0.5) is 5.82 Å². The molecule has 19 heavy (non-hydrogen) atoms. The van der Waals surface area contributed by atoms with E-state index in [-0.39, 0.29) is 10.4 Å². The molecule has 2 aromatic rings. The van der Waals surface area contributed by atoms with E-state index in [1.165, 1.54) is 0 Å². The number of hydrogen-bond acceptors (Lipinski definition) is 5. The highest BCUT2D eigenvalue weighted by atomic mass is 35.5. The van der Waals surface area contributed by atoms with Gasteiger partial charge in [-0.05, 0) is 37.6 Å². The predicted octanol–water partition coefficient (Wildman–Crippen LogP) is 2.91. The van der Waals surface area contributed by atoms with Gasteiger partial charge >= 0.3 is 0 Å². The summed E-state index contributed by atoms with van der Waals surface area (Å²) in [6.07, 6.45) is 0. The number of aromatic nitrogens is 4. The first-order chi connectivity index (χ1) is 9.10. The van der Waals surface area contributed by atoms with Gasteiger partial charge in [0.1, 0.15) is 0 Å². The minimum atomic E-state index is 0.0788. The van der Waals surface area contributed by atoms with Gasteiger partial charge in [-0.1, -0.05) is 17.7 Å². The Morgan fingerprint density at radius 1 is 1.16 bits per heavy atom. The highest BCUT2D eigenvalue weighted by molar-refractivity contribution is 6.32. The van der Waals surface area contributed by atoms with Gasteiger partial charge in [-0.3, -0.25) is 4.98 Å². The van der Waals surface area contributed by atoms with Gasteiger partial charge in [-0.15, -0.1) is 10.2 Å². The maximum Gasteiger partial charge on any atom is 0.245 e. The summed E-state index contributed by atoms with van der Waals surface area (Å²) >= 11 is 11.8. The van der Waals surface area contributed by atoms with Gasteiger partial charge in [-0.25, -0.2) is 0 Å². The quantitative estimate of drug-likeness (QED) is 0.868. The van der Waals surface area contributed by atoms with Crippen molar-refractivity contribution in [2.24, 2.45) is 0 Å². The molecule has 2 rings (SSSR count). The number of nitrogens with zero attached hydrogens (tertiary/aromatic N) is 5. The van der Waals surface area contributed by atoms with E-state index in [0.29, 0.717) is 18.9 Å². The van der Waals surface area contributed by atoms with Crippen molar-refractivity contribution in [3.05, 3.63) is 40.0 Å². The minimum Gasteiger partial charge on any atom is -0.348 e. The van der Waals surface area contributed by atoms with E-state index >= 15 is 0 Å². The average molecular weight is 298 g/mol. The largest absolute Gasteiger partial charge is 0.348 e. The summed E-state index contributed by atoms with van der Waals surface area (Å²) in [6, 6.07) is 5.88. The summed E-state index contributed by atoms with van der Waals surface area (Å²) in [4.78, 5) is 10.5. The molecule has 0 fully saturated rings. The zero-order valence-electron chi connectivity index (χ0n) is 10.6. The molecule has 0 N–H and O–H groups in total. The lowest BCUT2D eigenvalue weighted by molar-refractivity contribution is 0.777. The molecule has 0 radical (unpaired) electrons. The van der Waals surface area contributed by atoms with E-state index in [2.05, 4.69) is 20.2 Å². The number of hydrogen-bond donors (Lipinski definition) is 0. The molecule has 7 heteroatoms. The average Bonchev–Trinajstić information content (AvgIpc) is 2.39. The molecule has 2 heterocycles. The van der Waals surface area contributed by atoms with Crippen molar-refractivity contribution in [2.45, 2.75) is 20.4 Å². The van der Waals surface area contributed by atoms with Crippen molar-refractivity contribution in [1.29, 1.82) is 0 Å². The van der Waals surface area contributed by atoms with Crippen LogP contribution in [-0.2, 0) is 6.54 Å².